The average Bonchev–Trinajstić information content (AvgIpc) is 2.86. The van der Waals surface area contributed by atoms with E-state index in [-0.39, 0.29) is 0 Å². The minimum absolute atomic E-state index is 0.323. The van der Waals surface area contributed by atoms with Crippen LogP contribution in [0.15, 0.2) is 30.9 Å². The van der Waals surface area contributed by atoms with Crippen LogP contribution in [0.3, 0.4) is 0 Å². The second-order valence-electron chi connectivity index (χ2n) is 5.37. The van der Waals surface area contributed by atoms with Gasteiger partial charge in [-0.05, 0) is 19.9 Å². The van der Waals surface area contributed by atoms with Crippen molar-refractivity contribution in [3.63, 3.8) is 0 Å². The zero-order chi connectivity index (χ0) is 14.5. The van der Waals surface area contributed by atoms with E-state index >= 15 is 0 Å². The van der Waals surface area contributed by atoms with Crippen LogP contribution in [0.4, 0.5) is 0 Å². The first kappa shape index (κ1) is 14.5. The summed E-state index contributed by atoms with van der Waals surface area (Å²) >= 11 is 0. The Morgan fingerprint density at radius 2 is 2.05 bits per heavy atom. The Balaban J connectivity index is 2.11. The van der Waals surface area contributed by atoms with Gasteiger partial charge in [-0.3, -0.25) is 9.67 Å². The standard InChI is InChI=1S/C15H22N4O/c1-11(2)17-7-13-5-6-16-9-15(13)20-14-8-18-19(10-14)12(3)4/h5-6,8-12,17H,7H2,1-4H3. The fourth-order valence-corrected chi connectivity index (χ4v) is 1.74. The van der Waals surface area contributed by atoms with Crippen LogP contribution in [0.2, 0.25) is 0 Å². The fourth-order valence-electron chi connectivity index (χ4n) is 1.74. The third kappa shape index (κ3) is 3.81. The van der Waals surface area contributed by atoms with Gasteiger partial charge in [-0.2, -0.15) is 5.10 Å². The molecule has 0 aliphatic rings. The number of ether oxygens (including phenoxy) is 1. The first-order valence-corrected chi connectivity index (χ1v) is 6.94. The van der Waals surface area contributed by atoms with Crippen LogP contribution in [-0.2, 0) is 6.54 Å². The largest absolute Gasteiger partial charge is 0.452 e. The minimum atomic E-state index is 0.323. The summed E-state index contributed by atoms with van der Waals surface area (Å²) in [4.78, 5) is 4.13. The van der Waals surface area contributed by atoms with Gasteiger partial charge in [0.15, 0.2) is 5.75 Å². The highest BCUT2D eigenvalue weighted by Gasteiger charge is 2.08. The second kappa shape index (κ2) is 6.52. The van der Waals surface area contributed by atoms with Gasteiger partial charge in [0.05, 0.1) is 18.6 Å². The Bertz CT molecular complexity index is 548. The van der Waals surface area contributed by atoms with Crippen LogP contribution in [0, 0.1) is 0 Å². The molecule has 0 saturated heterocycles. The third-order valence-corrected chi connectivity index (χ3v) is 2.91. The molecule has 1 N–H and O–H groups in total. The molecular weight excluding hydrogens is 252 g/mol. The normalized spacial score (nSPS) is 11.3. The van der Waals surface area contributed by atoms with Crippen molar-refractivity contribution >= 4 is 0 Å². The van der Waals surface area contributed by atoms with E-state index in [4.69, 9.17) is 4.74 Å². The predicted octanol–water partition coefficient (Wildman–Crippen LogP) is 3.15. The van der Waals surface area contributed by atoms with Crippen molar-refractivity contribution in [2.24, 2.45) is 0 Å². The quantitative estimate of drug-likeness (QED) is 0.879. The van der Waals surface area contributed by atoms with Crippen LogP contribution in [0.1, 0.15) is 39.3 Å². The zero-order valence-corrected chi connectivity index (χ0v) is 12.5. The molecule has 2 heterocycles. The molecule has 0 radical (unpaired) electrons. The molecule has 0 atom stereocenters. The fraction of sp³-hybridized carbons (Fsp3) is 0.467. The second-order valence-corrected chi connectivity index (χ2v) is 5.37. The van der Waals surface area contributed by atoms with Crippen LogP contribution in [0.5, 0.6) is 11.5 Å². The number of hydrogen-bond donors (Lipinski definition) is 1. The minimum Gasteiger partial charge on any atom is -0.452 e. The lowest BCUT2D eigenvalue weighted by Crippen LogP contribution is -2.22. The van der Waals surface area contributed by atoms with Crippen molar-refractivity contribution in [1.29, 1.82) is 0 Å². The molecule has 108 valence electrons. The number of hydrogen-bond acceptors (Lipinski definition) is 4. The highest BCUT2D eigenvalue weighted by Crippen LogP contribution is 2.24. The molecule has 0 amide bonds. The van der Waals surface area contributed by atoms with Gasteiger partial charge >= 0.3 is 0 Å². The maximum Gasteiger partial charge on any atom is 0.165 e. The zero-order valence-electron chi connectivity index (χ0n) is 12.5. The topological polar surface area (TPSA) is 52.0 Å². The number of rotatable bonds is 6. The van der Waals surface area contributed by atoms with Gasteiger partial charge in [0.1, 0.15) is 5.75 Å². The molecule has 2 rings (SSSR count). The average molecular weight is 274 g/mol. The number of nitrogens with zero attached hydrogens (tertiary/aromatic N) is 3. The van der Waals surface area contributed by atoms with E-state index in [1.165, 1.54) is 0 Å². The van der Waals surface area contributed by atoms with Crippen molar-refractivity contribution in [2.45, 2.75) is 46.3 Å². The third-order valence-electron chi connectivity index (χ3n) is 2.91. The summed E-state index contributed by atoms with van der Waals surface area (Å²) in [5.74, 6) is 1.50. The Morgan fingerprint density at radius 1 is 1.25 bits per heavy atom. The molecule has 0 spiro atoms. The molecule has 20 heavy (non-hydrogen) atoms. The first-order valence-electron chi connectivity index (χ1n) is 6.94. The lowest BCUT2D eigenvalue weighted by Gasteiger charge is -2.12. The van der Waals surface area contributed by atoms with E-state index in [2.05, 4.69) is 43.1 Å². The number of nitrogens with one attached hydrogen (secondary N) is 1. The number of pyridine rings is 1. The SMILES string of the molecule is CC(C)NCc1ccncc1Oc1cnn(C(C)C)c1. The van der Waals surface area contributed by atoms with Gasteiger partial charge in [-0.1, -0.05) is 13.8 Å². The Kier molecular flexibility index (Phi) is 4.74. The van der Waals surface area contributed by atoms with E-state index in [1.807, 2.05) is 16.9 Å². The van der Waals surface area contributed by atoms with Gasteiger partial charge in [-0.25, -0.2) is 0 Å². The maximum absolute atomic E-state index is 5.89. The van der Waals surface area contributed by atoms with Crippen molar-refractivity contribution in [3.8, 4) is 11.5 Å². The van der Waals surface area contributed by atoms with E-state index in [1.54, 1.807) is 18.6 Å². The highest BCUT2D eigenvalue weighted by atomic mass is 16.5. The summed E-state index contributed by atoms with van der Waals surface area (Å²) in [7, 11) is 0. The van der Waals surface area contributed by atoms with Crippen LogP contribution in [-0.4, -0.2) is 20.8 Å². The lowest BCUT2D eigenvalue weighted by atomic mass is 10.2. The monoisotopic (exact) mass is 274 g/mol. The van der Waals surface area contributed by atoms with Crippen LogP contribution in [0.25, 0.3) is 0 Å². The molecule has 0 aliphatic heterocycles. The predicted molar refractivity (Wildman–Crippen MR) is 78.9 cm³/mol. The first-order chi connectivity index (χ1) is 9.56. The summed E-state index contributed by atoms with van der Waals surface area (Å²) in [5, 5.41) is 7.65. The summed E-state index contributed by atoms with van der Waals surface area (Å²) in [5.41, 5.74) is 1.09. The molecule has 0 aromatic carbocycles. The van der Waals surface area contributed by atoms with Crippen molar-refractivity contribution in [1.82, 2.24) is 20.1 Å². The Hall–Kier alpha value is -1.88. The van der Waals surface area contributed by atoms with Gasteiger partial charge in [-0.15, -0.1) is 0 Å². The summed E-state index contributed by atoms with van der Waals surface area (Å²) in [6, 6.07) is 2.72. The summed E-state index contributed by atoms with van der Waals surface area (Å²) in [6.07, 6.45) is 7.15. The number of aromatic nitrogens is 3. The highest BCUT2D eigenvalue weighted by molar-refractivity contribution is 5.33. The lowest BCUT2D eigenvalue weighted by molar-refractivity contribution is 0.463. The van der Waals surface area contributed by atoms with E-state index in [9.17, 15) is 0 Å². The molecule has 0 saturated carbocycles. The molecule has 0 fully saturated rings. The molecule has 5 heteroatoms. The van der Waals surface area contributed by atoms with Crippen molar-refractivity contribution < 1.29 is 4.74 Å². The molecule has 0 aliphatic carbocycles. The Morgan fingerprint density at radius 3 is 2.70 bits per heavy atom. The molecule has 0 unspecified atom stereocenters. The van der Waals surface area contributed by atoms with Gasteiger partial charge < -0.3 is 10.1 Å². The van der Waals surface area contributed by atoms with E-state index in [0.29, 0.717) is 12.1 Å². The van der Waals surface area contributed by atoms with Crippen LogP contribution < -0.4 is 10.1 Å². The summed E-state index contributed by atoms with van der Waals surface area (Å²) in [6.45, 7) is 9.16. The van der Waals surface area contributed by atoms with Crippen molar-refractivity contribution in [3.05, 3.63) is 36.4 Å². The smallest absolute Gasteiger partial charge is 0.165 e. The van der Waals surface area contributed by atoms with Crippen LogP contribution >= 0.6 is 0 Å². The molecule has 0 bridgehead atoms. The Labute approximate surface area is 120 Å². The molecule has 2 aromatic rings. The molecule has 2 aromatic heterocycles. The van der Waals surface area contributed by atoms with Gasteiger partial charge in [0, 0.05) is 30.4 Å². The molecular formula is C15H22N4O. The summed E-state index contributed by atoms with van der Waals surface area (Å²) < 4.78 is 7.76. The van der Waals surface area contributed by atoms with E-state index in [0.717, 1.165) is 23.6 Å². The van der Waals surface area contributed by atoms with Gasteiger partial charge in [0.25, 0.3) is 0 Å². The van der Waals surface area contributed by atoms with Crippen molar-refractivity contribution in [2.75, 3.05) is 0 Å². The maximum atomic E-state index is 5.89. The molecule has 5 nitrogen and oxygen atoms in total. The van der Waals surface area contributed by atoms with Gasteiger partial charge in [0.2, 0.25) is 0 Å². The van der Waals surface area contributed by atoms with E-state index < -0.39 is 0 Å².